The maximum absolute atomic E-state index is 10.2. The van der Waals surface area contributed by atoms with Crippen molar-refractivity contribution in [2.45, 2.75) is 79.1 Å². The fourth-order valence-electron chi connectivity index (χ4n) is 3.39. The molecule has 1 atom stereocenters. The second kappa shape index (κ2) is 9.95. The molecule has 0 aliphatic heterocycles. The van der Waals surface area contributed by atoms with Gasteiger partial charge in [0.15, 0.2) is 0 Å². The fraction of sp³-hybridized carbons (Fsp3) is 0.538. The van der Waals surface area contributed by atoms with Crippen LogP contribution in [0.3, 0.4) is 0 Å². The van der Waals surface area contributed by atoms with Gasteiger partial charge in [0.2, 0.25) is 0 Å². The maximum Gasteiger partial charge on any atom is 0.122 e. The number of hydrogen-bond acceptors (Lipinski definition) is 4. The van der Waals surface area contributed by atoms with E-state index in [0.717, 1.165) is 40.8 Å². The van der Waals surface area contributed by atoms with Crippen LogP contribution in [-0.2, 0) is 25.0 Å². The third-order valence-corrected chi connectivity index (χ3v) is 6.00. The Morgan fingerprint density at radius 1 is 0.900 bits per heavy atom. The smallest absolute Gasteiger partial charge is 0.122 e. The van der Waals surface area contributed by atoms with E-state index in [-0.39, 0.29) is 30.7 Å². The molecule has 0 saturated heterocycles. The lowest BCUT2D eigenvalue weighted by atomic mass is 9.79. The molecule has 3 N–H and O–H groups in total. The molecule has 30 heavy (non-hydrogen) atoms. The van der Waals surface area contributed by atoms with Crippen molar-refractivity contribution in [3.8, 4) is 5.75 Å². The standard InChI is InChI=1S/C26H38O4/c1-18-13-22(9-10-23(18)30-17-24(29)25(2,3)4)26(5,6)12-11-19-7-8-20(15-27)21(14-19)16-28/h7-10,13-14,24,27-29H,11-12,15-17H2,1-6H3. The summed E-state index contributed by atoms with van der Waals surface area (Å²) in [4.78, 5) is 0. The van der Waals surface area contributed by atoms with E-state index < -0.39 is 6.10 Å². The summed E-state index contributed by atoms with van der Waals surface area (Å²) in [6.07, 6.45) is 1.33. The van der Waals surface area contributed by atoms with Crippen LogP contribution >= 0.6 is 0 Å². The molecule has 0 fully saturated rings. The maximum atomic E-state index is 10.2. The number of hydrogen-bond donors (Lipinski definition) is 3. The van der Waals surface area contributed by atoms with E-state index in [4.69, 9.17) is 4.74 Å². The van der Waals surface area contributed by atoms with Crippen molar-refractivity contribution in [3.05, 3.63) is 64.2 Å². The zero-order valence-electron chi connectivity index (χ0n) is 19.3. The van der Waals surface area contributed by atoms with Gasteiger partial charge >= 0.3 is 0 Å². The Balaban J connectivity index is 2.06. The van der Waals surface area contributed by atoms with Crippen LogP contribution < -0.4 is 4.74 Å². The normalized spacial score (nSPS) is 13.4. The lowest BCUT2D eigenvalue weighted by Gasteiger charge is -2.28. The Kier molecular flexibility index (Phi) is 8.09. The van der Waals surface area contributed by atoms with Gasteiger partial charge in [-0.2, -0.15) is 0 Å². The number of aliphatic hydroxyl groups is 3. The molecular formula is C26H38O4. The fourth-order valence-corrected chi connectivity index (χ4v) is 3.39. The van der Waals surface area contributed by atoms with Crippen molar-refractivity contribution in [1.29, 1.82) is 0 Å². The van der Waals surface area contributed by atoms with Crippen molar-refractivity contribution in [2.75, 3.05) is 6.61 Å². The van der Waals surface area contributed by atoms with Crippen molar-refractivity contribution >= 4 is 0 Å². The molecule has 0 spiro atoms. The minimum Gasteiger partial charge on any atom is -0.491 e. The second-order valence-electron chi connectivity index (χ2n) is 9.98. The number of benzene rings is 2. The molecule has 2 aromatic rings. The molecule has 0 aromatic heterocycles. The second-order valence-corrected chi connectivity index (χ2v) is 9.98. The molecular weight excluding hydrogens is 376 g/mol. The zero-order chi connectivity index (χ0) is 22.5. The van der Waals surface area contributed by atoms with Crippen molar-refractivity contribution in [3.63, 3.8) is 0 Å². The topological polar surface area (TPSA) is 69.9 Å². The van der Waals surface area contributed by atoms with Crippen molar-refractivity contribution in [2.24, 2.45) is 5.41 Å². The Bertz CT molecular complexity index is 833. The van der Waals surface area contributed by atoms with Crippen LogP contribution in [0.1, 0.15) is 68.9 Å². The number of ether oxygens (including phenoxy) is 1. The van der Waals surface area contributed by atoms with E-state index >= 15 is 0 Å². The van der Waals surface area contributed by atoms with E-state index in [1.165, 1.54) is 5.56 Å². The third-order valence-electron chi connectivity index (χ3n) is 6.00. The van der Waals surface area contributed by atoms with E-state index in [1.807, 2.05) is 52.0 Å². The Hall–Kier alpha value is -1.88. The molecule has 4 heteroatoms. The van der Waals surface area contributed by atoms with Gasteiger partial charge in [-0.1, -0.05) is 65.0 Å². The van der Waals surface area contributed by atoms with Gasteiger partial charge in [0.25, 0.3) is 0 Å². The molecule has 0 aliphatic rings. The summed E-state index contributed by atoms with van der Waals surface area (Å²) in [5.74, 6) is 0.810. The summed E-state index contributed by atoms with van der Waals surface area (Å²) in [7, 11) is 0. The molecule has 0 aliphatic carbocycles. The molecule has 2 rings (SSSR count). The molecule has 0 bridgehead atoms. The van der Waals surface area contributed by atoms with Crippen LogP contribution in [0.15, 0.2) is 36.4 Å². The number of aliphatic hydroxyl groups excluding tert-OH is 3. The molecule has 2 aromatic carbocycles. The molecule has 0 amide bonds. The quantitative estimate of drug-likeness (QED) is 0.557. The minimum atomic E-state index is -0.519. The van der Waals surface area contributed by atoms with Crippen LogP contribution in [-0.4, -0.2) is 28.0 Å². The third kappa shape index (κ3) is 6.31. The summed E-state index contributed by atoms with van der Waals surface area (Å²) in [5, 5.41) is 29.1. The molecule has 0 radical (unpaired) electrons. The van der Waals surface area contributed by atoms with E-state index in [9.17, 15) is 15.3 Å². The van der Waals surface area contributed by atoms with Gasteiger partial charge in [-0.05, 0) is 64.5 Å². The highest BCUT2D eigenvalue weighted by molar-refractivity contribution is 5.39. The van der Waals surface area contributed by atoms with Crippen LogP contribution in [0.25, 0.3) is 0 Å². The zero-order valence-corrected chi connectivity index (χ0v) is 19.3. The highest BCUT2D eigenvalue weighted by Gasteiger charge is 2.24. The first kappa shape index (κ1) is 24.4. The van der Waals surface area contributed by atoms with E-state index in [1.54, 1.807) is 0 Å². The predicted octanol–water partition coefficient (Wildman–Crippen LogP) is 4.68. The highest BCUT2D eigenvalue weighted by atomic mass is 16.5. The van der Waals surface area contributed by atoms with E-state index in [2.05, 4.69) is 26.0 Å². The van der Waals surface area contributed by atoms with Crippen LogP contribution in [0, 0.1) is 12.3 Å². The SMILES string of the molecule is Cc1cc(C(C)(C)CCc2ccc(CO)c(CO)c2)ccc1OCC(O)C(C)(C)C. The van der Waals surface area contributed by atoms with Crippen LogP contribution in [0.2, 0.25) is 0 Å². The summed E-state index contributed by atoms with van der Waals surface area (Å²) < 4.78 is 5.88. The van der Waals surface area contributed by atoms with Crippen molar-refractivity contribution < 1.29 is 20.1 Å². The lowest BCUT2D eigenvalue weighted by molar-refractivity contribution is 0.0216. The predicted molar refractivity (Wildman–Crippen MR) is 122 cm³/mol. The molecule has 0 heterocycles. The first-order chi connectivity index (χ1) is 14.0. The molecule has 4 nitrogen and oxygen atoms in total. The Labute approximate surface area is 181 Å². The van der Waals surface area contributed by atoms with Gasteiger partial charge in [0.05, 0.1) is 19.3 Å². The minimum absolute atomic E-state index is 0.0246. The monoisotopic (exact) mass is 414 g/mol. The van der Waals surface area contributed by atoms with E-state index in [0.29, 0.717) is 0 Å². The Morgan fingerprint density at radius 3 is 2.13 bits per heavy atom. The average Bonchev–Trinajstić information content (AvgIpc) is 2.70. The van der Waals surface area contributed by atoms with Crippen molar-refractivity contribution in [1.82, 2.24) is 0 Å². The highest BCUT2D eigenvalue weighted by Crippen LogP contribution is 2.32. The lowest BCUT2D eigenvalue weighted by Crippen LogP contribution is -2.32. The van der Waals surface area contributed by atoms with Gasteiger partial charge in [-0.3, -0.25) is 0 Å². The van der Waals surface area contributed by atoms with Gasteiger partial charge in [-0.25, -0.2) is 0 Å². The molecule has 166 valence electrons. The number of aryl methyl sites for hydroxylation is 2. The summed E-state index contributed by atoms with van der Waals surface area (Å²) >= 11 is 0. The molecule has 1 unspecified atom stereocenters. The van der Waals surface area contributed by atoms with Gasteiger partial charge in [-0.15, -0.1) is 0 Å². The largest absolute Gasteiger partial charge is 0.491 e. The van der Waals surface area contributed by atoms with Gasteiger partial charge in [0.1, 0.15) is 12.4 Å². The Morgan fingerprint density at radius 2 is 1.57 bits per heavy atom. The summed E-state index contributed by atoms with van der Waals surface area (Å²) in [5.41, 5.74) is 4.82. The first-order valence-electron chi connectivity index (χ1n) is 10.7. The molecule has 0 saturated carbocycles. The van der Waals surface area contributed by atoms with Crippen LogP contribution in [0.4, 0.5) is 0 Å². The van der Waals surface area contributed by atoms with Gasteiger partial charge < -0.3 is 20.1 Å². The average molecular weight is 415 g/mol. The first-order valence-corrected chi connectivity index (χ1v) is 10.7. The summed E-state index contributed by atoms with van der Waals surface area (Å²) in [6.45, 7) is 12.7. The summed E-state index contributed by atoms with van der Waals surface area (Å²) in [6, 6.07) is 12.2. The number of rotatable bonds is 9. The van der Waals surface area contributed by atoms with Crippen LogP contribution in [0.5, 0.6) is 5.75 Å². The van der Waals surface area contributed by atoms with Gasteiger partial charge in [0, 0.05) is 0 Å².